The van der Waals surface area contributed by atoms with Gasteiger partial charge in [0.05, 0.1) is 28.9 Å². The molecule has 2 atom stereocenters. The van der Waals surface area contributed by atoms with Gasteiger partial charge in [-0.05, 0) is 19.9 Å². The van der Waals surface area contributed by atoms with E-state index in [4.69, 9.17) is 4.74 Å². The minimum Gasteiger partial charge on any atom is -0.489 e. The van der Waals surface area contributed by atoms with Gasteiger partial charge in [-0.1, -0.05) is 18.2 Å². The minimum atomic E-state index is -2.91. The lowest BCUT2D eigenvalue weighted by Crippen LogP contribution is -2.58. The fourth-order valence-corrected chi connectivity index (χ4v) is 5.02. The van der Waals surface area contributed by atoms with Crippen LogP contribution in [0.15, 0.2) is 35.3 Å². The van der Waals surface area contributed by atoms with Crippen molar-refractivity contribution < 1.29 is 22.7 Å². The first-order chi connectivity index (χ1) is 17.2. The van der Waals surface area contributed by atoms with Crippen molar-refractivity contribution in [3.63, 3.8) is 0 Å². The number of piperazine rings is 1. The number of amides is 1. The van der Waals surface area contributed by atoms with E-state index in [1.54, 1.807) is 13.8 Å². The van der Waals surface area contributed by atoms with Crippen molar-refractivity contribution in [1.29, 1.82) is 0 Å². The Hall–Kier alpha value is -3.56. The highest BCUT2D eigenvalue weighted by atomic mass is 19.3. The van der Waals surface area contributed by atoms with Crippen LogP contribution in [0.2, 0.25) is 0 Å². The Morgan fingerprint density at radius 2 is 1.97 bits per heavy atom. The minimum absolute atomic E-state index is 0.0326. The first-order valence-electron chi connectivity index (χ1n) is 11.9. The van der Waals surface area contributed by atoms with Gasteiger partial charge < -0.3 is 19.1 Å². The van der Waals surface area contributed by atoms with E-state index in [0.29, 0.717) is 37.6 Å². The molecule has 0 aliphatic carbocycles. The Bertz CT molecular complexity index is 1420. The number of carbonyl (C=O) groups is 1. The van der Waals surface area contributed by atoms with Crippen molar-refractivity contribution in [1.82, 2.24) is 14.5 Å². The smallest absolute Gasteiger partial charge is 0.266 e. The lowest BCUT2D eigenvalue weighted by molar-refractivity contribution is -0.129. The molecule has 3 aromatic rings. The maximum atomic E-state index is 14.8. The number of benzene rings is 2. The molecule has 0 radical (unpaired) electrons. The predicted molar refractivity (Wildman–Crippen MR) is 130 cm³/mol. The van der Waals surface area contributed by atoms with E-state index >= 15 is 0 Å². The summed E-state index contributed by atoms with van der Waals surface area (Å²) < 4.78 is 49.3. The Kier molecular flexibility index (Phi) is 6.13. The van der Waals surface area contributed by atoms with Crippen LogP contribution in [0.4, 0.5) is 18.9 Å². The van der Waals surface area contributed by atoms with Gasteiger partial charge in [-0.2, -0.15) is 0 Å². The standard InChI is InChI=1S/C26H28F3N5O2/c1-14(18-6-5-7-19(24(18)27)25(28)29)30-26-20-10-22-23(11-21(20)32(4)15(2)31-26)36-13-17-12-33(16(3)35)8-9-34(17)22/h5-7,10-11,14,17,25H,8-9,12-13H2,1-4H3/t14-,17-/m1/s1. The van der Waals surface area contributed by atoms with Crippen molar-refractivity contribution in [3.05, 3.63) is 58.6 Å². The molecular formula is C26H28F3N5O2. The molecule has 0 saturated carbocycles. The van der Waals surface area contributed by atoms with E-state index in [-0.39, 0.29) is 17.5 Å². The van der Waals surface area contributed by atoms with Crippen molar-refractivity contribution in [2.75, 3.05) is 31.1 Å². The van der Waals surface area contributed by atoms with Crippen LogP contribution in [-0.2, 0) is 11.8 Å². The van der Waals surface area contributed by atoms with Gasteiger partial charge in [0.15, 0.2) is 5.49 Å². The van der Waals surface area contributed by atoms with Crippen molar-refractivity contribution >= 4 is 22.5 Å². The number of hydrogen-bond acceptors (Lipinski definition) is 5. The molecule has 5 rings (SSSR count). The zero-order chi connectivity index (χ0) is 25.7. The molecular weight excluding hydrogens is 471 g/mol. The van der Waals surface area contributed by atoms with Gasteiger partial charge in [0.2, 0.25) is 5.91 Å². The Morgan fingerprint density at radius 1 is 1.22 bits per heavy atom. The fourth-order valence-electron chi connectivity index (χ4n) is 5.02. The SMILES string of the molecule is CC(=O)N1CCN2c3cc4c(=N[C@H](C)c5cccc(C(F)F)c5F)nc(C)n(C)c4cc3OC[C@H]2C1. The molecule has 1 amide bonds. The number of hydrogen-bond donors (Lipinski definition) is 0. The van der Waals surface area contributed by atoms with Gasteiger partial charge in [-0.15, -0.1) is 0 Å². The van der Waals surface area contributed by atoms with Crippen molar-refractivity contribution in [2.45, 2.75) is 39.3 Å². The zero-order valence-electron chi connectivity index (χ0n) is 20.6. The van der Waals surface area contributed by atoms with Crippen LogP contribution in [0, 0.1) is 12.7 Å². The maximum Gasteiger partial charge on any atom is 0.266 e. The predicted octanol–water partition coefficient (Wildman–Crippen LogP) is 4.05. The summed E-state index contributed by atoms with van der Waals surface area (Å²) in [6.45, 7) is 7.44. The van der Waals surface area contributed by atoms with E-state index in [1.165, 1.54) is 12.1 Å². The van der Waals surface area contributed by atoms with E-state index in [9.17, 15) is 18.0 Å². The van der Waals surface area contributed by atoms with Crippen molar-refractivity contribution in [2.24, 2.45) is 12.0 Å². The molecule has 7 nitrogen and oxygen atoms in total. The Labute approximate surface area is 206 Å². The van der Waals surface area contributed by atoms with Crippen LogP contribution in [0.5, 0.6) is 5.75 Å². The van der Waals surface area contributed by atoms with Crippen LogP contribution >= 0.6 is 0 Å². The molecule has 0 N–H and O–H groups in total. The van der Waals surface area contributed by atoms with Gasteiger partial charge in [0.1, 0.15) is 24.0 Å². The summed E-state index contributed by atoms with van der Waals surface area (Å²) in [5, 5.41) is 0.748. The summed E-state index contributed by atoms with van der Waals surface area (Å²) >= 11 is 0. The third-order valence-electron chi connectivity index (χ3n) is 7.16. The zero-order valence-corrected chi connectivity index (χ0v) is 20.6. The molecule has 1 aromatic heterocycles. The second kappa shape index (κ2) is 9.15. The summed E-state index contributed by atoms with van der Waals surface area (Å²) in [7, 11) is 1.90. The number of rotatable bonds is 3. The molecule has 0 unspecified atom stereocenters. The normalized spacial score (nSPS) is 18.8. The molecule has 2 aliphatic rings. The van der Waals surface area contributed by atoms with Crippen LogP contribution in [-0.4, -0.2) is 52.6 Å². The lowest BCUT2D eigenvalue weighted by Gasteiger charge is -2.45. The summed E-state index contributed by atoms with van der Waals surface area (Å²) in [5.74, 6) is 0.539. The van der Waals surface area contributed by atoms with Crippen molar-refractivity contribution in [3.8, 4) is 5.75 Å². The Morgan fingerprint density at radius 3 is 2.69 bits per heavy atom. The van der Waals surface area contributed by atoms with Crippen LogP contribution in [0.25, 0.3) is 10.9 Å². The average Bonchev–Trinajstić information content (AvgIpc) is 2.85. The number of ether oxygens (including phenoxy) is 1. The fraction of sp³-hybridized carbons (Fsp3) is 0.423. The first-order valence-corrected chi connectivity index (χ1v) is 11.9. The molecule has 2 aliphatic heterocycles. The highest BCUT2D eigenvalue weighted by molar-refractivity contribution is 5.86. The first kappa shape index (κ1) is 24.1. The van der Waals surface area contributed by atoms with Crippen LogP contribution in [0.1, 0.15) is 43.3 Å². The molecule has 2 aromatic carbocycles. The van der Waals surface area contributed by atoms with E-state index < -0.39 is 23.8 Å². The molecule has 190 valence electrons. The van der Waals surface area contributed by atoms with Gasteiger partial charge in [-0.25, -0.2) is 18.2 Å². The summed E-state index contributed by atoms with van der Waals surface area (Å²) in [5.41, 5.74) is 1.60. The highest BCUT2D eigenvalue weighted by Gasteiger charge is 2.34. The highest BCUT2D eigenvalue weighted by Crippen LogP contribution is 2.38. The van der Waals surface area contributed by atoms with Gasteiger partial charge in [-0.3, -0.25) is 9.79 Å². The maximum absolute atomic E-state index is 14.8. The van der Waals surface area contributed by atoms with Gasteiger partial charge in [0.25, 0.3) is 6.43 Å². The molecule has 36 heavy (non-hydrogen) atoms. The monoisotopic (exact) mass is 499 g/mol. The largest absolute Gasteiger partial charge is 0.489 e. The van der Waals surface area contributed by atoms with E-state index in [2.05, 4.69) is 14.9 Å². The number of carbonyl (C=O) groups excluding carboxylic acids is 1. The molecule has 1 saturated heterocycles. The number of alkyl halides is 2. The topological polar surface area (TPSA) is 63.0 Å². The quantitative estimate of drug-likeness (QED) is 0.546. The summed E-state index contributed by atoms with van der Waals surface area (Å²) in [6, 6.07) is 7.21. The second-order valence-corrected chi connectivity index (χ2v) is 9.36. The molecule has 0 spiro atoms. The number of halogens is 3. The van der Waals surface area contributed by atoms with E-state index in [1.807, 2.05) is 35.6 Å². The molecule has 3 heterocycles. The number of aromatic nitrogens is 2. The summed E-state index contributed by atoms with van der Waals surface area (Å²) in [4.78, 5) is 25.3. The average molecular weight is 500 g/mol. The number of fused-ring (bicyclic) bond motifs is 4. The van der Waals surface area contributed by atoms with E-state index in [0.717, 1.165) is 28.4 Å². The second-order valence-electron chi connectivity index (χ2n) is 9.36. The number of aryl methyl sites for hydroxylation is 2. The summed E-state index contributed by atoms with van der Waals surface area (Å²) in [6.07, 6.45) is -2.91. The van der Waals surface area contributed by atoms with Crippen LogP contribution < -0.4 is 15.1 Å². The molecule has 0 bridgehead atoms. The lowest BCUT2D eigenvalue weighted by atomic mass is 10.0. The van der Waals surface area contributed by atoms with Gasteiger partial charge >= 0.3 is 0 Å². The third-order valence-corrected chi connectivity index (χ3v) is 7.16. The third kappa shape index (κ3) is 4.08. The number of nitrogens with zero attached hydrogens (tertiary/aromatic N) is 5. The van der Waals surface area contributed by atoms with Crippen LogP contribution in [0.3, 0.4) is 0 Å². The molecule has 10 heteroatoms. The van der Waals surface area contributed by atoms with Gasteiger partial charge in [0, 0.05) is 50.6 Å². The Balaban J connectivity index is 1.63. The number of anilines is 1. The molecule has 1 fully saturated rings.